The van der Waals surface area contributed by atoms with E-state index < -0.39 is 0 Å². The lowest BCUT2D eigenvalue weighted by atomic mass is 10.3. The molecule has 0 unspecified atom stereocenters. The molecule has 1 aromatic heterocycles. The van der Waals surface area contributed by atoms with E-state index in [0.29, 0.717) is 0 Å². The molecule has 0 radical (unpaired) electrons. The van der Waals surface area contributed by atoms with Gasteiger partial charge in [0.05, 0.1) is 5.39 Å². The van der Waals surface area contributed by atoms with Gasteiger partial charge < -0.3 is 0 Å². The van der Waals surface area contributed by atoms with Crippen LogP contribution in [0.1, 0.15) is 0 Å². The number of hydrogen-bond acceptors (Lipinski definition) is 1. The molecule has 0 amide bonds. The Morgan fingerprint density at radius 1 is 1.36 bits per heavy atom. The molecule has 0 aliphatic heterocycles. The van der Waals surface area contributed by atoms with Gasteiger partial charge in [-0.3, -0.25) is 0 Å². The Morgan fingerprint density at radius 2 is 2.09 bits per heavy atom. The van der Waals surface area contributed by atoms with Crippen molar-refractivity contribution in [3.05, 3.63) is 29.4 Å². The van der Waals surface area contributed by atoms with Crippen LogP contribution in [-0.2, 0) is 7.05 Å². The second-order valence-electron chi connectivity index (χ2n) is 2.38. The van der Waals surface area contributed by atoms with Gasteiger partial charge in [0.2, 0.25) is 0 Å². The van der Waals surface area contributed by atoms with Crippen LogP contribution in [0.4, 0.5) is 0 Å². The van der Waals surface area contributed by atoms with Crippen LogP contribution in [0.3, 0.4) is 0 Å². The van der Waals surface area contributed by atoms with E-state index in [0.717, 1.165) is 10.5 Å². The highest BCUT2D eigenvalue weighted by molar-refractivity contribution is 7.09. The van der Waals surface area contributed by atoms with Gasteiger partial charge in [0.25, 0.3) is 5.15 Å². The van der Waals surface area contributed by atoms with Crippen molar-refractivity contribution in [2.75, 3.05) is 0 Å². The third kappa shape index (κ3) is 1.03. The van der Waals surface area contributed by atoms with Gasteiger partial charge in [-0.1, -0.05) is 12.1 Å². The minimum atomic E-state index is 0.825. The highest BCUT2D eigenvalue weighted by Crippen LogP contribution is 2.23. The fourth-order valence-electron chi connectivity index (χ4n) is 1.07. The molecule has 1 nitrogen and oxygen atoms in total. The molecule has 2 aromatic rings. The zero-order chi connectivity index (χ0) is 7.84. The van der Waals surface area contributed by atoms with E-state index >= 15 is 0 Å². The Bertz CT molecular complexity index is 394. The lowest BCUT2D eigenvalue weighted by molar-refractivity contribution is -0.597. The summed E-state index contributed by atoms with van der Waals surface area (Å²) in [7, 11) is 1.97. The molecule has 0 fully saturated rings. The van der Waals surface area contributed by atoms with Crippen LogP contribution in [-0.4, -0.2) is 0 Å². The zero-order valence-electron chi connectivity index (χ0n) is 6.04. The van der Waals surface area contributed by atoms with Crippen LogP contribution in [0.5, 0.6) is 0 Å². The summed E-state index contributed by atoms with van der Waals surface area (Å²) in [6.07, 6.45) is 0. The van der Waals surface area contributed by atoms with Gasteiger partial charge in [0.1, 0.15) is 16.2 Å². The SMILES string of the molecule is C[n+]1sc2ccccc2c1Cl. The molecule has 0 aliphatic rings. The summed E-state index contributed by atoms with van der Waals surface area (Å²) in [6, 6.07) is 8.14. The summed E-state index contributed by atoms with van der Waals surface area (Å²) in [5.41, 5.74) is 0. The smallest absolute Gasteiger partial charge is 0.125 e. The highest BCUT2D eigenvalue weighted by Gasteiger charge is 2.12. The van der Waals surface area contributed by atoms with Crippen LogP contribution in [0.2, 0.25) is 5.15 Å². The molecular weight excluding hydrogens is 178 g/mol. The molecule has 0 bridgehead atoms. The molecule has 0 N–H and O–H groups in total. The maximum Gasteiger partial charge on any atom is 0.296 e. The van der Waals surface area contributed by atoms with Gasteiger partial charge >= 0.3 is 0 Å². The van der Waals surface area contributed by atoms with Crippen molar-refractivity contribution in [1.29, 1.82) is 0 Å². The van der Waals surface area contributed by atoms with Crippen molar-refractivity contribution >= 4 is 33.2 Å². The Hall–Kier alpha value is -0.600. The maximum absolute atomic E-state index is 6.01. The largest absolute Gasteiger partial charge is 0.296 e. The summed E-state index contributed by atoms with van der Waals surface area (Å²) >= 11 is 7.68. The van der Waals surface area contributed by atoms with Crippen molar-refractivity contribution in [3.8, 4) is 0 Å². The molecular formula is C8H7ClNS+. The number of rotatable bonds is 0. The molecule has 56 valence electrons. The summed E-state index contributed by atoms with van der Waals surface area (Å²) in [5, 5.41) is 1.97. The average Bonchev–Trinajstić information content (AvgIpc) is 2.30. The minimum Gasteiger partial charge on any atom is -0.125 e. The second-order valence-corrected chi connectivity index (χ2v) is 3.90. The highest BCUT2D eigenvalue weighted by atomic mass is 35.5. The molecule has 0 spiro atoms. The number of hydrogen-bond donors (Lipinski definition) is 0. The quantitative estimate of drug-likeness (QED) is 0.554. The first-order valence-electron chi connectivity index (χ1n) is 3.32. The summed E-state index contributed by atoms with van der Waals surface area (Å²) < 4.78 is 3.20. The molecule has 0 aliphatic carbocycles. The number of fused-ring (bicyclic) bond motifs is 1. The number of nitrogens with zero attached hydrogens (tertiary/aromatic N) is 1. The molecule has 1 heterocycles. The van der Waals surface area contributed by atoms with E-state index in [4.69, 9.17) is 11.6 Å². The lowest BCUT2D eigenvalue weighted by Crippen LogP contribution is -2.21. The van der Waals surface area contributed by atoms with Crippen molar-refractivity contribution in [2.45, 2.75) is 0 Å². The van der Waals surface area contributed by atoms with E-state index in [9.17, 15) is 0 Å². The Kier molecular flexibility index (Phi) is 1.59. The van der Waals surface area contributed by atoms with Crippen LogP contribution in [0.15, 0.2) is 24.3 Å². The summed E-state index contributed by atoms with van der Waals surface area (Å²) in [5.74, 6) is 0. The maximum atomic E-state index is 6.01. The first-order chi connectivity index (χ1) is 5.29. The van der Waals surface area contributed by atoms with Crippen molar-refractivity contribution in [3.63, 3.8) is 0 Å². The average molecular weight is 185 g/mol. The Morgan fingerprint density at radius 3 is 2.82 bits per heavy atom. The van der Waals surface area contributed by atoms with Crippen LogP contribution in [0.25, 0.3) is 10.1 Å². The van der Waals surface area contributed by atoms with Crippen molar-refractivity contribution in [2.24, 2.45) is 7.05 Å². The summed E-state index contributed by atoms with van der Waals surface area (Å²) in [6.45, 7) is 0. The number of aryl methyl sites for hydroxylation is 1. The second kappa shape index (κ2) is 2.47. The minimum absolute atomic E-state index is 0.825. The van der Waals surface area contributed by atoms with Crippen LogP contribution >= 0.6 is 23.1 Å². The van der Waals surface area contributed by atoms with E-state index in [1.165, 1.54) is 4.70 Å². The van der Waals surface area contributed by atoms with Gasteiger partial charge in [0, 0.05) is 0 Å². The summed E-state index contributed by atoms with van der Waals surface area (Å²) in [4.78, 5) is 0. The molecule has 1 aromatic carbocycles. The number of halogens is 1. The zero-order valence-corrected chi connectivity index (χ0v) is 7.62. The van der Waals surface area contributed by atoms with Crippen LogP contribution < -0.4 is 3.96 Å². The molecule has 11 heavy (non-hydrogen) atoms. The molecule has 0 saturated heterocycles. The molecule has 2 rings (SSSR count). The van der Waals surface area contributed by atoms with Gasteiger partial charge in [-0.15, -0.1) is 3.96 Å². The van der Waals surface area contributed by atoms with Gasteiger partial charge in [-0.25, -0.2) is 0 Å². The topological polar surface area (TPSA) is 3.88 Å². The molecule has 3 heteroatoms. The Labute approximate surface area is 74.0 Å². The molecule has 0 saturated carbocycles. The first-order valence-corrected chi connectivity index (χ1v) is 4.48. The first kappa shape index (κ1) is 7.07. The van der Waals surface area contributed by atoms with Crippen molar-refractivity contribution in [1.82, 2.24) is 0 Å². The van der Waals surface area contributed by atoms with E-state index in [2.05, 4.69) is 6.07 Å². The van der Waals surface area contributed by atoms with E-state index in [-0.39, 0.29) is 0 Å². The van der Waals surface area contributed by atoms with Crippen molar-refractivity contribution < 1.29 is 3.96 Å². The Balaban J connectivity index is 2.92. The normalized spacial score (nSPS) is 10.7. The predicted octanol–water partition coefficient (Wildman–Crippen LogP) is 2.38. The number of aromatic nitrogens is 1. The van der Waals surface area contributed by atoms with Crippen LogP contribution in [0, 0.1) is 0 Å². The lowest BCUT2D eigenvalue weighted by Gasteiger charge is -1.79. The molecule has 0 atom stereocenters. The predicted molar refractivity (Wildman–Crippen MR) is 48.0 cm³/mol. The third-order valence-electron chi connectivity index (χ3n) is 1.62. The van der Waals surface area contributed by atoms with E-state index in [1.54, 1.807) is 11.5 Å². The standard InChI is InChI=1S/C8H7ClNS/c1-10-8(9)6-4-2-3-5-7(6)11-10/h2-5H,1H3/q+1. The van der Waals surface area contributed by atoms with Gasteiger partial charge in [-0.2, -0.15) is 0 Å². The fourth-order valence-corrected chi connectivity index (χ4v) is 2.27. The van der Waals surface area contributed by atoms with E-state index in [1.807, 2.05) is 29.2 Å². The van der Waals surface area contributed by atoms with Gasteiger partial charge in [0.15, 0.2) is 7.05 Å². The fraction of sp³-hybridized carbons (Fsp3) is 0.125. The number of benzene rings is 1. The van der Waals surface area contributed by atoms with Gasteiger partial charge in [-0.05, 0) is 23.7 Å². The third-order valence-corrected chi connectivity index (χ3v) is 3.19. The monoisotopic (exact) mass is 184 g/mol.